The van der Waals surface area contributed by atoms with Gasteiger partial charge in [0, 0.05) is 10.6 Å². The van der Waals surface area contributed by atoms with Crippen LogP contribution in [0.15, 0.2) is 60.5 Å². The summed E-state index contributed by atoms with van der Waals surface area (Å²) in [4.78, 5) is 28.8. The normalized spacial score (nSPS) is 12.8. The van der Waals surface area contributed by atoms with Crippen molar-refractivity contribution in [1.29, 1.82) is 0 Å². The van der Waals surface area contributed by atoms with Gasteiger partial charge in [0.2, 0.25) is 0 Å². The third kappa shape index (κ3) is 4.71. The Balaban J connectivity index is 1.46. The predicted octanol–water partition coefficient (Wildman–Crippen LogP) is 3.99. The van der Waals surface area contributed by atoms with Gasteiger partial charge in [-0.3, -0.25) is 9.59 Å². The van der Waals surface area contributed by atoms with Crippen LogP contribution in [0.2, 0.25) is 0 Å². The topological polar surface area (TPSA) is 135 Å². The van der Waals surface area contributed by atoms with Crippen molar-refractivity contribution >= 4 is 39.6 Å². The highest BCUT2D eigenvalue weighted by Gasteiger charge is 2.24. The number of carbonyl (C=O) groups excluding carboxylic acids is 2. The van der Waals surface area contributed by atoms with Crippen molar-refractivity contribution in [3.05, 3.63) is 88.9 Å². The van der Waals surface area contributed by atoms with Crippen molar-refractivity contribution < 1.29 is 23.5 Å². The summed E-state index contributed by atoms with van der Waals surface area (Å²) in [7, 11) is 0. The fourth-order valence-corrected chi connectivity index (χ4v) is 4.72. The summed E-state index contributed by atoms with van der Waals surface area (Å²) < 4.78 is 31.2. The second kappa shape index (κ2) is 8.91. The number of imidazole rings is 1. The largest absolute Gasteiger partial charge is 0.386 e. The molecule has 1 aliphatic carbocycles. The third-order valence-electron chi connectivity index (χ3n) is 5.60. The molecule has 5 rings (SSSR count). The molecule has 1 aliphatic rings. The molecular weight excluding hydrogens is 502 g/mol. The highest BCUT2D eigenvalue weighted by atomic mass is 32.1. The van der Waals surface area contributed by atoms with Gasteiger partial charge in [-0.1, -0.05) is 6.08 Å². The lowest BCUT2D eigenvalue weighted by molar-refractivity contribution is 0.0778. The highest BCUT2D eigenvalue weighted by molar-refractivity contribution is 7.20. The van der Waals surface area contributed by atoms with Crippen LogP contribution in [0.3, 0.4) is 0 Å². The Labute approximate surface area is 212 Å². The zero-order valence-electron chi connectivity index (χ0n) is 19.5. The molecule has 1 aromatic carbocycles. The van der Waals surface area contributed by atoms with Crippen molar-refractivity contribution in [1.82, 2.24) is 19.9 Å². The number of primary amides is 1. The van der Waals surface area contributed by atoms with E-state index in [1.807, 2.05) is 0 Å². The number of aliphatic hydroxyl groups is 1. The van der Waals surface area contributed by atoms with Crippen LogP contribution < -0.4 is 16.4 Å². The van der Waals surface area contributed by atoms with Gasteiger partial charge in [0.25, 0.3) is 11.8 Å². The van der Waals surface area contributed by atoms with Crippen LogP contribution >= 0.6 is 11.3 Å². The Hall–Kier alpha value is -4.42. The van der Waals surface area contributed by atoms with Crippen LogP contribution in [0.5, 0.6) is 0 Å². The Bertz CT molecular complexity index is 1620. The Morgan fingerprint density at radius 2 is 1.86 bits per heavy atom. The van der Waals surface area contributed by atoms with E-state index in [9.17, 15) is 23.5 Å². The van der Waals surface area contributed by atoms with E-state index in [1.54, 1.807) is 30.4 Å². The molecule has 0 aliphatic heterocycles. The minimum absolute atomic E-state index is 0.0137. The standard InChI is InChI=1S/C25H20F2N6O3S/c1-25(2,36)12-8-15(26)21(16(27)9-12)18-10-14(22(28)34)24(37-18)31-19-6-7-20-30-17(11-33(20)32-19)23(35)29-13-4-3-5-13/h3-11,36H,1-2H3,(H2,28,34)(H,29,35)(H,31,32). The lowest BCUT2D eigenvalue weighted by Crippen LogP contribution is -2.23. The zero-order valence-corrected chi connectivity index (χ0v) is 20.4. The lowest BCUT2D eigenvalue weighted by atomic mass is 9.96. The fraction of sp³-hybridized carbons (Fsp3) is 0.120. The first-order chi connectivity index (χ1) is 17.5. The quantitative estimate of drug-likeness (QED) is 0.290. The van der Waals surface area contributed by atoms with E-state index in [-0.39, 0.29) is 38.1 Å². The van der Waals surface area contributed by atoms with E-state index >= 15 is 0 Å². The molecule has 2 amide bonds. The number of fused-ring (bicyclic) bond motifs is 1. The van der Waals surface area contributed by atoms with Crippen molar-refractivity contribution in [2.45, 2.75) is 19.4 Å². The van der Waals surface area contributed by atoms with E-state index in [4.69, 9.17) is 5.73 Å². The van der Waals surface area contributed by atoms with Gasteiger partial charge in [-0.15, -0.1) is 16.4 Å². The number of thiophene rings is 1. The molecule has 0 spiro atoms. The van der Waals surface area contributed by atoms with Gasteiger partial charge in [0.05, 0.1) is 22.9 Å². The predicted molar refractivity (Wildman–Crippen MR) is 134 cm³/mol. The molecule has 0 saturated heterocycles. The summed E-state index contributed by atoms with van der Waals surface area (Å²) in [5.74, 6) is -2.71. The number of carbonyl (C=O) groups is 2. The number of hydrogen-bond donors (Lipinski definition) is 4. The first-order valence-corrected chi connectivity index (χ1v) is 11.8. The molecule has 3 aromatic heterocycles. The maximum absolute atomic E-state index is 14.9. The summed E-state index contributed by atoms with van der Waals surface area (Å²) in [6, 6.07) is 6.58. The number of anilines is 2. The van der Waals surface area contributed by atoms with E-state index in [0.29, 0.717) is 11.3 Å². The number of hydrogen-bond acceptors (Lipinski definition) is 7. The van der Waals surface area contributed by atoms with Gasteiger partial charge < -0.3 is 21.5 Å². The average molecular weight is 523 g/mol. The maximum atomic E-state index is 14.9. The van der Waals surface area contributed by atoms with Gasteiger partial charge in [-0.2, -0.15) is 0 Å². The van der Waals surface area contributed by atoms with Crippen molar-refractivity contribution in [2.75, 3.05) is 5.32 Å². The number of amides is 2. The minimum Gasteiger partial charge on any atom is -0.386 e. The minimum atomic E-state index is -1.44. The van der Waals surface area contributed by atoms with Gasteiger partial charge in [0.15, 0.2) is 11.5 Å². The van der Waals surface area contributed by atoms with Gasteiger partial charge in [0.1, 0.15) is 22.3 Å². The average Bonchev–Trinajstić information content (AvgIpc) is 3.39. The van der Waals surface area contributed by atoms with E-state index in [0.717, 1.165) is 23.5 Å². The zero-order chi connectivity index (χ0) is 26.5. The van der Waals surface area contributed by atoms with Gasteiger partial charge in [-0.25, -0.2) is 18.3 Å². The SMILES string of the molecule is CC(C)(O)c1cc(F)c(-c2cc(C(N)=O)c(Nc3ccc4nc(C(=O)NC5=CC=C5)cn4n3)s2)c(F)c1. The van der Waals surface area contributed by atoms with Crippen molar-refractivity contribution in [3.8, 4) is 10.4 Å². The van der Waals surface area contributed by atoms with Crippen LogP contribution in [-0.4, -0.2) is 31.5 Å². The molecule has 0 unspecified atom stereocenters. The van der Waals surface area contributed by atoms with E-state index in [1.165, 1.54) is 30.6 Å². The lowest BCUT2D eigenvalue weighted by Gasteiger charge is -2.18. The molecule has 0 radical (unpaired) electrons. The summed E-state index contributed by atoms with van der Waals surface area (Å²) in [5, 5.41) is 20.3. The van der Waals surface area contributed by atoms with Gasteiger partial charge in [-0.05, 0) is 61.9 Å². The molecular formula is C25H20F2N6O3S. The second-order valence-electron chi connectivity index (χ2n) is 8.80. The number of nitrogens with one attached hydrogen (secondary N) is 2. The molecule has 9 nitrogen and oxygen atoms in total. The number of allylic oxidation sites excluding steroid dienone is 3. The Kier molecular flexibility index (Phi) is 5.85. The highest BCUT2D eigenvalue weighted by Crippen LogP contribution is 2.40. The van der Waals surface area contributed by atoms with Crippen LogP contribution in [0.25, 0.3) is 16.1 Å². The summed E-state index contributed by atoms with van der Waals surface area (Å²) >= 11 is 0.913. The number of rotatable bonds is 7. The molecule has 5 N–H and O–H groups in total. The first kappa shape index (κ1) is 24.3. The van der Waals surface area contributed by atoms with Crippen molar-refractivity contribution in [3.63, 3.8) is 0 Å². The number of benzene rings is 1. The molecule has 0 fully saturated rings. The molecule has 0 atom stereocenters. The smallest absolute Gasteiger partial charge is 0.275 e. The summed E-state index contributed by atoms with van der Waals surface area (Å²) in [6.07, 6.45) is 6.74. The fourth-order valence-electron chi connectivity index (χ4n) is 3.60. The van der Waals surface area contributed by atoms with Gasteiger partial charge >= 0.3 is 0 Å². The molecule has 0 bridgehead atoms. The van der Waals surface area contributed by atoms with Crippen LogP contribution in [-0.2, 0) is 5.60 Å². The number of aromatic nitrogens is 3. The summed E-state index contributed by atoms with van der Waals surface area (Å²) in [6.45, 7) is 2.84. The second-order valence-corrected chi connectivity index (χ2v) is 9.85. The molecule has 37 heavy (non-hydrogen) atoms. The number of nitrogens with zero attached hydrogens (tertiary/aromatic N) is 3. The van der Waals surface area contributed by atoms with Crippen molar-refractivity contribution in [2.24, 2.45) is 5.73 Å². The van der Waals surface area contributed by atoms with Crippen LogP contribution in [0.4, 0.5) is 19.6 Å². The molecule has 0 saturated carbocycles. The number of nitrogens with two attached hydrogens (primary N) is 1. The Morgan fingerprint density at radius 1 is 1.16 bits per heavy atom. The first-order valence-electron chi connectivity index (χ1n) is 11.0. The Morgan fingerprint density at radius 3 is 2.46 bits per heavy atom. The van der Waals surface area contributed by atoms with E-state index < -0.39 is 29.0 Å². The van der Waals surface area contributed by atoms with E-state index in [2.05, 4.69) is 20.7 Å². The number of halogens is 2. The molecule has 188 valence electrons. The monoisotopic (exact) mass is 522 g/mol. The molecule has 12 heteroatoms. The van der Waals surface area contributed by atoms with Crippen LogP contribution in [0.1, 0.15) is 40.3 Å². The molecule has 4 aromatic rings. The summed E-state index contributed by atoms with van der Waals surface area (Å²) in [5.41, 5.74) is 5.05. The third-order valence-corrected chi connectivity index (χ3v) is 6.66. The maximum Gasteiger partial charge on any atom is 0.275 e. The van der Waals surface area contributed by atoms with Crippen LogP contribution in [0, 0.1) is 11.6 Å². The molecule has 3 heterocycles.